The number of hydrogen-bond acceptors (Lipinski definition) is 4. The van der Waals surface area contributed by atoms with Crippen LogP contribution in [0.4, 0.5) is 0 Å². The number of esters is 2. The van der Waals surface area contributed by atoms with Gasteiger partial charge in [-0.3, -0.25) is 9.59 Å². The topological polar surface area (TPSA) is 52.6 Å². The molecule has 0 fully saturated rings. The van der Waals surface area contributed by atoms with Crippen LogP contribution in [0.2, 0.25) is 0 Å². The summed E-state index contributed by atoms with van der Waals surface area (Å²) in [6.07, 6.45) is 20.8. The Morgan fingerprint density at radius 3 is 1.64 bits per heavy atom. The zero-order valence-electron chi connectivity index (χ0n) is 18.5. The molecule has 0 aromatic carbocycles. The molecule has 0 unspecified atom stereocenters. The summed E-state index contributed by atoms with van der Waals surface area (Å²) in [5.74, 6) is -0.322. The lowest BCUT2D eigenvalue weighted by Gasteiger charge is -2.06. The van der Waals surface area contributed by atoms with Gasteiger partial charge in [0.25, 0.3) is 0 Å². The average molecular weight is 397 g/mol. The van der Waals surface area contributed by atoms with Crippen molar-refractivity contribution in [2.24, 2.45) is 0 Å². The molecule has 0 saturated carbocycles. The molecule has 4 heteroatoms. The zero-order chi connectivity index (χ0) is 20.7. The van der Waals surface area contributed by atoms with E-state index in [1.54, 1.807) is 0 Å². The van der Waals surface area contributed by atoms with Gasteiger partial charge in [0.2, 0.25) is 0 Å². The Morgan fingerprint density at radius 1 is 0.607 bits per heavy atom. The second-order valence-corrected chi connectivity index (χ2v) is 7.50. The molecule has 0 aliphatic carbocycles. The molecular weight excluding hydrogens is 352 g/mol. The van der Waals surface area contributed by atoms with Crippen molar-refractivity contribution in [1.29, 1.82) is 0 Å². The van der Waals surface area contributed by atoms with E-state index in [-0.39, 0.29) is 11.9 Å². The van der Waals surface area contributed by atoms with E-state index in [9.17, 15) is 9.59 Å². The van der Waals surface area contributed by atoms with E-state index in [4.69, 9.17) is 9.47 Å². The normalized spacial score (nSPS) is 11.1. The Bertz CT molecular complexity index is 390. The van der Waals surface area contributed by atoms with Crippen molar-refractivity contribution in [2.75, 3.05) is 13.2 Å². The third-order valence-corrected chi connectivity index (χ3v) is 4.72. The Labute approximate surface area is 173 Å². The Hall–Kier alpha value is -1.32. The van der Waals surface area contributed by atoms with Gasteiger partial charge >= 0.3 is 11.9 Å². The third-order valence-electron chi connectivity index (χ3n) is 4.72. The lowest BCUT2D eigenvalue weighted by Crippen LogP contribution is -2.07. The Balaban J connectivity index is 3.31. The fraction of sp³-hybridized carbons (Fsp3) is 0.833. The summed E-state index contributed by atoms with van der Waals surface area (Å²) in [5, 5.41) is 0. The molecule has 0 rings (SSSR count). The van der Waals surface area contributed by atoms with Gasteiger partial charge in [0, 0.05) is 12.8 Å². The first-order chi connectivity index (χ1) is 13.7. The molecule has 0 aliphatic rings. The smallest absolute Gasteiger partial charge is 0.305 e. The Kier molecular flexibility index (Phi) is 20.9. The van der Waals surface area contributed by atoms with Gasteiger partial charge in [0.05, 0.1) is 13.2 Å². The average Bonchev–Trinajstić information content (AvgIpc) is 2.69. The first-order valence-electron chi connectivity index (χ1n) is 11.7. The van der Waals surface area contributed by atoms with Crippen LogP contribution in [0.15, 0.2) is 12.2 Å². The zero-order valence-corrected chi connectivity index (χ0v) is 18.5. The molecular formula is C24H44O4. The molecule has 0 atom stereocenters. The molecule has 4 nitrogen and oxygen atoms in total. The van der Waals surface area contributed by atoms with Gasteiger partial charge in [0.1, 0.15) is 0 Å². The molecule has 0 aliphatic heterocycles. The van der Waals surface area contributed by atoms with Crippen LogP contribution in [0.3, 0.4) is 0 Å². The highest BCUT2D eigenvalue weighted by molar-refractivity contribution is 5.70. The van der Waals surface area contributed by atoms with Crippen molar-refractivity contribution < 1.29 is 19.1 Å². The van der Waals surface area contributed by atoms with Gasteiger partial charge in [-0.15, -0.1) is 0 Å². The maximum atomic E-state index is 11.7. The second-order valence-electron chi connectivity index (χ2n) is 7.50. The number of allylic oxidation sites excluding steroid dienone is 1. The fourth-order valence-corrected chi connectivity index (χ4v) is 2.98. The summed E-state index contributed by atoms with van der Waals surface area (Å²) < 4.78 is 10.4. The Morgan fingerprint density at radius 2 is 1.11 bits per heavy atom. The maximum Gasteiger partial charge on any atom is 0.305 e. The molecule has 0 aromatic heterocycles. The van der Waals surface area contributed by atoms with Crippen LogP contribution >= 0.6 is 0 Å². The van der Waals surface area contributed by atoms with Crippen molar-refractivity contribution >= 4 is 11.9 Å². The van der Waals surface area contributed by atoms with Crippen LogP contribution < -0.4 is 0 Å². The van der Waals surface area contributed by atoms with E-state index >= 15 is 0 Å². The first-order valence-corrected chi connectivity index (χ1v) is 11.7. The van der Waals surface area contributed by atoms with E-state index in [0.29, 0.717) is 38.9 Å². The van der Waals surface area contributed by atoms with Gasteiger partial charge < -0.3 is 9.47 Å². The summed E-state index contributed by atoms with van der Waals surface area (Å²) in [4.78, 5) is 23.2. The molecule has 0 heterocycles. The third kappa shape index (κ3) is 21.0. The van der Waals surface area contributed by atoms with Crippen molar-refractivity contribution in [3.05, 3.63) is 12.2 Å². The van der Waals surface area contributed by atoms with Gasteiger partial charge in [-0.2, -0.15) is 0 Å². The highest BCUT2D eigenvalue weighted by Crippen LogP contribution is 2.11. The molecule has 0 bridgehead atoms. The van der Waals surface area contributed by atoms with Crippen molar-refractivity contribution in [3.8, 4) is 0 Å². The van der Waals surface area contributed by atoms with Crippen LogP contribution in [0.1, 0.15) is 117 Å². The molecule has 0 saturated heterocycles. The first kappa shape index (κ1) is 26.7. The lowest BCUT2D eigenvalue weighted by molar-refractivity contribution is -0.145. The van der Waals surface area contributed by atoms with Crippen LogP contribution in [0.25, 0.3) is 0 Å². The molecule has 164 valence electrons. The number of rotatable bonds is 20. The van der Waals surface area contributed by atoms with E-state index in [2.05, 4.69) is 19.9 Å². The minimum atomic E-state index is -0.177. The molecule has 0 spiro atoms. The second kappa shape index (κ2) is 22.0. The summed E-state index contributed by atoms with van der Waals surface area (Å²) >= 11 is 0. The molecule has 0 amide bonds. The summed E-state index contributed by atoms with van der Waals surface area (Å²) in [6, 6.07) is 0. The standard InChI is InChI=1S/C24H44O4/c1-3-5-7-9-10-11-12-13-14-18-22-28-24(26)20-16-15-19-23(25)27-21-17-8-6-4-2/h6,8H,3-5,7,9-22H2,1-2H3/b8-6-. The van der Waals surface area contributed by atoms with Crippen LogP contribution in [0.5, 0.6) is 0 Å². The number of ether oxygens (including phenoxy) is 2. The predicted molar refractivity (Wildman–Crippen MR) is 116 cm³/mol. The number of carbonyl (C=O) groups excluding carboxylic acids is 2. The molecule has 0 aromatic rings. The van der Waals surface area contributed by atoms with Crippen LogP contribution in [-0.2, 0) is 19.1 Å². The van der Waals surface area contributed by atoms with Gasteiger partial charge in [0.15, 0.2) is 0 Å². The van der Waals surface area contributed by atoms with Crippen molar-refractivity contribution in [1.82, 2.24) is 0 Å². The van der Waals surface area contributed by atoms with E-state index in [1.807, 2.05) is 6.08 Å². The summed E-state index contributed by atoms with van der Waals surface area (Å²) in [6.45, 7) is 5.29. The van der Waals surface area contributed by atoms with Crippen molar-refractivity contribution in [3.63, 3.8) is 0 Å². The van der Waals surface area contributed by atoms with E-state index in [1.165, 1.54) is 51.4 Å². The monoisotopic (exact) mass is 396 g/mol. The minimum absolute atomic E-state index is 0.144. The summed E-state index contributed by atoms with van der Waals surface area (Å²) in [7, 11) is 0. The minimum Gasteiger partial charge on any atom is -0.466 e. The molecule has 28 heavy (non-hydrogen) atoms. The number of carbonyl (C=O) groups is 2. The van der Waals surface area contributed by atoms with Gasteiger partial charge in [-0.1, -0.05) is 83.8 Å². The lowest BCUT2D eigenvalue weighted by atomic mass is 10.1. The largest absolute Gasteiger partial charge is 0.466 e. The number of unbranched alkanes of at least 4 members (excludes halogenated alkanes) is 10. The highest BCUT2D eigenvalue weighted by Gasteiger charge is 2.06. The highest BCUT2D eigenvalue weighted by atomic mass is 16.5. The SMILES string of the molecule is CC/C=C\CCOC(=O)CCCCC(=O)OCCCCCCCCCCCC. The molecule has 0 N–H and O–H groups in total. The van der Waals surface area contributed by atoms with Crippen molar-refractivity contribution in [2.45, 2.75) is 117 Å². The van der Waals surface area contributed by atoms with Crippen LogP contribution in [0, 0.1) is 0 Å². The molecule has 0 radical (unpaired) electrons. The van der Waals surface area contributed by atoms with E-state index < -0.39 is 0 Å². The predicted octanol–water partition coefficient (Wildman–Crippen LogP) is 6.91. The maximum absolute atomic E-state index is 11.7. The van der Waals surface area contributed by atoms with Gasteiger partial charge in [-0.05, 0) is 32.1 Å². The van der Waals surface area contributed by atoms with E-state index in [0.717, 1.165) is 25.7 Å². The van der Waals surface area contributed by atoms with Gasteiger partial charge in [-0.25, -0.2) is 0 Å². The number of hydrogen-bond donors (Lipinski definition) is 0. The quantitative estimate of drug-likeness (QED) is 0.127. The fourth-order valence-electron chi connectivity index (χ4n) is 2.98. The van der Waals surface area contributed by atoms with Crippen LogP contribution in [-0.4, -0.2) is 25.2 Å². The summed E-state index contributed by atoms with van der Waals surface area (Å²) in [5.41, 5.74) is 0.